The molecule has 0 saturated carbocycles. The van der Waals surface area contributed by atoms with Crippen molar-refractivity contribution in [1.29, 1.82) is 0 Å². The molecule has 0 aliphatic carbocycles. The van der Waals surface area contributed by atoms with Crippen molar-refractivity contribution in [2.45, 2.75) is 45.2 Å². The van der Waals surface area contributed by atoms with Gasteiger partial charge in [-0.25, -0.2) is 8.42 Å². The monoisotopic (exact) mass is 623 g/mol. The molecule has 0 bridgehead atoms. The number of nitrogens with zero attached hydrogens (tertiary/aromatic N) is 2. The molecular formula is C29H32Cl3N3O4S. The Balaban J connectivity index is 2.06. The van der Waals surface area contributed by atoms with E-state index >= 15 is 0 Å². The number of amides is 2. The second-order valence-corrected chi connectivity index (χ2v) is 13.0. The topological polar surface area (TPSA) is 86.8 Å². The predicted octanol–water partition coefficient (Wildman–Crippen LogP) is 6.34. The maximum atomic E-state index is 14.0. The Morgan fingerprint density at radius 3 is 2.12 bits per heavy atom. The van der Waals surface area contributed by atoms with Crippen LogP contribution in [0.2, 0.25) is 15.1 Å². The Hall–Kier alpha value is -2.78. The molecule has 0 spiro atoms. The molecule has 2 amide bonds. The summed E-state index contributed by atoms with van der Waals surface area (Å²) in [4.78, 5) is 28.4. The van der Waals surface area contributed by atoms with Gasteiger partial charge in [0.05, 0.1) is 10.6 Å². The van der Waals surface area contributed by atoms with Crippen LogP contribution in [0.25, 0.3) is 0 Å². The molecule has 1 atom stereocenters. The number of sulfonamides is 1. The van der Waals surface area contributed by atoms with Gasteiger partial charge < -0.3 is 10.2 Å². The molecule has 1 N–H and O–H groups in total. The Labute approximate surface area is 251 Å². The summed E-state index contributed by atoms with van der Waals surface area (Å²) in [7, 11) is -4.17. The van der Waals surface area contributed by atoms with Gasteiger partial charge >= 0.3 is 0 Å². The summed E-state index contributed by atoms with van der Waals surface area (Å²) in [6.07, 6.45) is 0. The van der Waals surface area contributed by atoms with Crippen LogP contribution in [0.5, 0.6) is 0 Å². The van der Waals surface area contributed by atoms with E-state index < -0.39 is 28.5 Å². The minimum Gasteiger partial charge on any atom is -0.354 e. The molecule has 0 heterocycles. The lowest BCUT2D eigenvalue weighted by Crippen LogP contribution is -2.51. The number of nitrogens with one attached hydrogen (secondary N) is 1. The van der Waals surface area contributed by atoms with Gasteiger partial charge in [0.15, 0.2) is 0 Å². The number of rotatable bonds is 11. The third-order valence-corrected chi connectivity index (χ3v) is 8.84. The van der Waals surface area contributed by atoms with Crippen LogP contribution in [0, 0.1) is 12.8 Å². The number of halogens is 3. The van der Waals surface area contributed by atoms with E-state index in [9.17, 15) is 18.0 Å². The van der Waals surface area contributed by atoms with E-state index in [0.29, 0.717) is 38.4 Å². The maximum absolute atomic E-state index is 14.0. The third-order valence-electron chi connectivity index (χ3n) is 6.25. The predicted molar refractivity (Wildman–Crippen MR) is 161 cm³/mol. The fourth-order valence-electron chi connectivity index (χ4n) is 4.00. The quantitative estimate of drug-likeness (QED) is 0.270. The Morgan fingerprint density at radius 1 is 0.900 bits per heavy atom. The number of hydrogen-bond donors (Lipinski definition) is 1. The van der Waals surface area contributed by atoms with Gasteiger partial charge in [0.1, 0.15) is 12.6 Å². The molecule has 0 aliphatic heterocycles. The van der Waals surface area contributed by atoms with Crippen molar-refractivity contribution >= 4 is 62.3 Å². The number of carbonyl (C=O) groups excluding carboxylic acids is 2. The van der Waals surface area contributed by atoms with E-state index in [4.69, 9.17) is 34.8 Å². The summed E-state index contributed by atoms with van der Waals surface area (Å²) in [5.74, 6) is -0.759. The van der Waals surface area contributed by atoms with Crippen molar-refractivity contribution in [2.24, 2.45) is 5.92 Å². The summed E-state index contributed by atoms with van der Waals surface area (Å²) in [5, 5.41) is 4.02. The Morgan fingerprint density at radius 2 is 1.52 bits per heavy atom. The van der Waals surface area contributed by atoms with Crippen molar-refractivity contribution in [3.05, 3.63) is 92.9 Å². The van der Waals surface area contributed by atoms with Crippen LogP contribution in [0.1, 0.15) is 31.9 Å². The second kappa shape index (κ2) is 13.7. The summed E-state index contributed by atoms with van der Waals surface area (Å²) in [6, 6.07) is 16.5. The first-order chi connectivity index (χ1) is 18.8. The van der Waals surface area contributed by atoms with E-state index in [1.54, 1.807) is 68.4 Å². The van der Waals surface area contributed by atoms with Crippen LogP contribution in [0.15, 0.2) is 71.6 Å². The lowest BCUT2D eigenvalue weighted by atomic mass is 10.1. The SMILES string of the molecule is Cc1cc(Cl)ccc1N(CC(=O)N(Cc1ccc(Cl)cc1Cl)[C@@H](C)C(=O)NCC(C)C)S(=O)(=O)c1ccccc1. The summed E-state index contributed by atoms with van der Waals surface area (Å²) in [5.41, 5.74) is 1.42. The molecule has 0 aromatic heterocycles. The van der Waals surface area contributed by atoms with Crippen molar-refractivity contribution < 1.29 is 18.0 Å². The summed E-state index contributed by atoms with van der Waals surface area (Å²) < 4.78 is 28.8. The first kappa shape index (κ1) is 31.7. The Bertz CT molecular complexity index is 1470. The van der Waals surface area contributed by atoms with Gasteiger partial charge in [-0.1, -0.05) is 72.9 Å². The molecule has 214 valence electrons. The van der Waals surface area contributed by atoms with Crippen LogP contribution in [0.3, 0.4) is 0 Å². The molecular weight excluding hydrogens is 593 g/mol. The van der Waals surface area contributed by atoms with Gasteiger partial charge in [0.25, 0.3) is 10.0 Å². The second-order valence-electron chi connectivity index (χ2n) is 9.83. The van der Waals surface area contributed by atoms with Crippen LogP contribution < -0.4 is 9.62 Å². The summed E-state index contributed by atoms with van der Waals surface area (Å²) >= 11 is 18.6. The fourth-order valence-corrected chi connectivity index (χ4v) is 6.19. The smallest absolute Gasteiger partial charge is 0.264 e. The van der Waals surface area contributed by atoms with E-state index in [0.717, 1.165) is 4.31 Å². The first-order valence-corrected chi connectivity index (χ1v) is 15.2. The highest BCUT2D eigenvalue weighted by Gasteiger charge is 2.33. The molecule has 40 heavy (non-hydrogen) atoms. The average molecular weight is 625 g/mol. The fraction of sp³-hybridized carbons (Fsp3) is 0.310. The number of aryl methyl sites for hydroxylation is 1. The lowest BCUT2D eigenvalue weighted by molar-refractivity contribution is -0.139. The minimum atomic E-state index is -4.17. The standard InChI is InChI=1S/C29H32Cl3N3O4S/c1-19(2)16-33-29(37)21(4)34(17-22-10-11-24(31)15-26(22)32)28(36)18-35(27-13-12-23(30)14-20(27)3)40(38,39)25-8-6-5-7-9-25/h5-15,19,21H,16-18H2,1-4H3,(H,33,37)/t21-/m0/s1. The first-order valence-electron chi connectivity index (χ1n) is 12.7. The highest BCUT2D eigenvalue weighted by Crippen LogP contribution is 2.30. The molecule has 0 radical (unpaired) electrons. The molecule has 0 fully saturated rings. The normalized spacial score (nSPS) is 12.2. The molecule has 3 rings (SSSR count). The van der Waals surface area contributed by atoms with Gasteiger partial charge in [0.2, 0.25) is 11.8 Å². The number of carbonyl (C=O) groups is 2. The third kappa shape index (κ3) is 7.91. The van der Waals surface area contributed by atoms with Crippen LogP contribution in [-0.2, 0) is 26.2 Å². The van der Waals surface area contributed by atoms with Crippen LogP contribution >= 0.6 is 34.8 Å². The zero-order chi connectivity index (χ0) is 29.6. The molecule has 0 aliphatic rings. The summed E-state index contributed by atoms with van der Waals surface area (Å²) in [6.45, 7) is 7.06. The molecule has 0 saturated heterocycles. The molecule has 3 aromatic rings. The van der Waals surface area contributed by atoms with Crippen molar-refractivity contribution in [3.63, 3.8) is 0 Å². The van der Waals surface area contributed by atoms with E-state index in [-0.39, 0.29) is 23.3 Å². The number of benzene rings is 3. The molecule has 0 unspecified atom stereocenters. The molecule has 3 aromatic carbocycles. The number of anilines is 1. The van der Waals surface area contributed by atoms with Gasteiger partial charge in [-0.15, -0.1) is 0 Å². The molecule has 7 nitrogen and oxygen atoms in total. The van der Waals surface area contributed by atoms with Gasteiger partial charge in [-0.3, -0.25) is 13.9 Å². The van der Waals surface area contributed by atoms with E-state index in [1.165, 1.54) is 17.0 Å². The van der Waals surface area contributed by atoms with Crippen molar-refractivity contribution in [1.82, 2.24) is 10.2 Å². The average Bonchev–Trinajstić information content (AvgIpc) is 2.90. The highest BCUT2D eigenvalue weighted by atomic mass is 35.5. The number of hydrogen-bond acceptors (Lipinski definition) is 4. The lowest BCUT2D eigenvalue weighted by Gasteiger charge is -2.32. The zero-order valence-electron chi connectivity index (χ0n) is 22.7. The van der Waals surface area contributed by atoms with Gasteiger partial charge in [-0.2, -0.15) is 0 Å². The van der Waals surface area contributed by atoms with Crippen LogP contribution in [0.4, 0.5) is 5.69 Å². The van der Waals surface area contributed by atoms with E-state index in [2.05, 4.69) is 5.32 Å². The van der Waals surface area contributed by atoms with Crippen molar-refractivity contribution in [3.8, 4) is 0 Å². The largest absolute Gasteiger partial charge is 0.354 e. The molecule has 11 heteroatoms. The van der Waals surface area contributed by atoms with E-state index in [1.807, 2.05) is 13.8 Å². The maximum Gasteiger partial charge on any atom is 0.264 e. The Kier molecular flexibility index (Phi) is 10.9. The minimum absolute atomic E-state index is 0.0205. The van der Waals surface area contributed by atoms with Gasteiger partial charge in [0, 0.05) is 28.2 Å². The zero-order valence-corrected chi connectivity index (χ0v) is 25.8. The van der Waals surface area contributed by atoms with Crippen LogP contribution in [-0.4, -0.2) is 44.3 Å². The highest BCUT2D eigenvalue weighted by molar-refractivity contribution is 7.92. The van der Waals surface area contributed by atoms with Gasteiger partial charge in [-0.05, 0) is 73.4 Å². The van der Waals surface area contributed by atoms with Crippen molar-refractivity contribution in [2.75, 3.05) is 17.4 Å².